The maximum absolute atomic E-state index is 9.39. The summed E-state index contributed by atoms with van der Waals surface area (Å²) in [5.41, 5.74) is 11.5. The van der Waals surface area contributed by atoms with Crippen molar-refractivity contribution in [3.05, 3.63) is 71.4 Å². The summed E-state index contributed by atoms with van der Waals surface area (Å²) >= 11 is 0. The molecule has 0 unspecified atom stereocenters. The van der Waals surface area contributed by atoms with Crippen LogP contribution in [0.4, 0.5) is 5.82 Å². The van der Waals surface area contributed by atoms with Gasteiger partial charge in [0.1, 0.15) is 11.6 Å². The molecule has 0 saturated carbocycles. The van der Waals surface area contributed by atoms with Crippen LogP contribution in [0.15, 0.2) is 54.7 Å². The topological polar surface area (TPSA) is 86.7 Å². The molecule has 1 saturated heterocycles. The van der Waals surface area contributed by atoms with Gasteiger partial charge in [0, 0.05) is 30.4 Å². The van der Waals surface area contributed by atoms with Gasteiger partial charge in [0.15, 0.2) is 5.82 Å². The predicted molar refractivity (Wildman–Crippen MR) is 119 cm³/mol. The molecule has 1 aliphatic rings. The number of benzene rings is 2. The summed E-state index contributed by atoms with van der Waals surface area (Å²) in [6.45, 7) is 4.28. The maximum atomic E-state index is 9.39. The smallest absolute Gasteiger partial charge is 0.163 e. The summed E-state index contributed by atoms with van der Waals surface area (Å²) in [5.74, 6) is 0.233. The summed E-state index contributed by atoms with van der Waals surface area (Å²) in [6, 6.07) is 19.4. The molecule has 0 amide bonds. The molecule has 6 heteroatoms. The number of aromatic nitrogens is 3. The van der Waals surface area contributed by atoms with Crippen molar-refractivity contribution >= 4 is 16.7 Å². The second-order valence-electron chi connectivity index (χ2n) is 7.99. The van der Waals surface area contributed by atoms with Crippen LogP contribution in [0, 0.1) is 11.3 Å². The van der Waals surface area contributed by atoms with Gasteiger partial charge < -0.3 is 10.3 Å². The van der Waals surface area contributed by atoms with Crippen molar-refractivity contribution < 1.29 is 0 Å². The van der Waals surface area contributed by atoms with Crippen molar-refractivity contribution in [1.29, 1.82) is 5.26 Å². The molecule has 0 radical (unpaired) electrons. The third-order valence-electron chi connectivity index (χ3n) is 5.95. The highest BCUT2D eigenvalue weighted by atomic mass is 15.2. The van der Waals surface area contributed by atoms with Crippen LogP contribution in [0.3, 0.4) is 0 Å². The van der Waals surface area contributed by atoms with Crippen LogP contribution in [-0.2, 0) is 13.1 Å². The Labute approximate surface area is 175 Å². The Morgan fingerprint density at radius 2 is 1.73 bits per heavy atom. The molecule has 2 aromatic carbocycles. The van der Waals surface area contributed by atoms with Gasteiger partial charge in [-0.15, -0.1) is 0 Å². The van der Waals surface area contributed by atoms with E-state index in [-0.39, 0.29) is 5.82 Å². The van der Waals surface area contributed by atoms with Crippen LogP contribution in [0.2, 0.25) is 0 Å². The fourth-order valence-electron chi connectivity index (χ4n) is 4.30. The van der Waals surface area contributed by atoms with Crippen LogP contribution in [-0.4, -0.2) is 32.8 Å². The lowest BCUT2D eigenvalue weighted by atomic mass is 10.1. The zero-order valence-electron chi connectivity index (χ0n) is 16.8. The van der Waals surface area contributed by atoms with E-state index in [1.165, 1.54) is 37.1 Å². The minimum Gasteiger partial charge on any atom is -0.381 e. The first-order valence-corrected chi connectivity index (χ1v) is 10.3. The lowest BCUT2D eigenvalue weighted by Crippen LogP contribution is -2.18. The molecule has 0 spiro atoms. The largest absolute Gasteiger partial charge is 0.381 e. The number of fused-ring (bicyclic) bond motifs is 1. The van der Waals surface area contributed by atoms with Crippen LogP contribution in [0.5, 0.6) is 0 Å². The van der Waals surface area contributed by atoms with Crippen LogP contribution in [0.25, 0.3) is 22.2 Å². The van der Waals surface area contributed by atoms with Gasteiger partial charge in [-0.3, -0.25) is 10.00 Å². The summed E-state index contributed by atoms with van der Waals surface area (Å²) < 4.78 is 2.24. The summed E-state index contributed by atoms with van der Waals surface area (Å²) in [4.78, 5) is 2.52. The van der Waals surface area contributed by atoms with E-state index in [1.807, 2.05) is 6.07 Å². The molecular formula is C24H24N6. The number of hydrogen-bond acceptors (Lipinski definition) is 4. The molecule has 5 rings (SSSR count). The lowest BCUT2D eigenvalue weighted by molar-refractivity contribution is 0.331. The third kappa shape index (κ3) is 3.44. The van der Waals surface area contributed by atoms with Gasteiger partial charge in [-0.2, -0.15) is 10.4 Å². The first kappa shape index (κ1) is 18.5. The van der Waals surface area contributed by atoms with Crippen molar-refractivity contribution in [1.82, 2.24) is 19.7 Å². The van der Waals surface area contributed by atoms with Gasteiger partial charge in [0.05, 0.1) is 5.69 Å². The predicted octanol–water partition coefficient (Wildman–Crippen LogP) is 4.13. The van der Waals surface area contributed by atoms with Gasteiger partial charge in [0.2, 0.25) is 0 Å². The summed E-state index contributed by atoms with van der Waals surface area (Å²) in [7, 11) is 0. The molecule has 150 valence electrons. The molecule has 4 aromatic rings. The van der Waals surface area contributed by atoms with E-state index in [9.17, 15) is 5.26 Å². The molecule has 3 heterocycles. The molecule has 2 aromatic heterocycles. The van der Waals surface area contributed by atoms with Crippen LogP contribution >= 0.6 is 0 Å². The van der Waals surface area contributed by atoms with E-state index in [1.54, 1.807) is 0 Å². The van der Waals surface area contributed by atoms with Gasteiger partial charge in [0.25, 0.3) is 0 Å². The number of nitrogens with two attached hydrogens (primary N) is 1. The fraction of sp³-hybridized carbons (Fsp3) is 0.250. The van der Waals surface area contributed by atoms with Crippen molar-refractivity contribution in [3.63, 3.8) is 0 Å². The molecule has 1 aliphatic heterocycles. The molecular weight excluding hydrogens is 372 g/mol. The SMILES string of the molecule is N#Cc1c(N)n[nH]c1-c1ccc2ccn(Cc3ccc(CN4CCCC4)cc3)c2c1. The number of nitrogens with one attached hydrogen (secondary N) is 1. The highest BCUT2D eigenvalue weighted by Gasteiger charge is 2.14. The van der Waals surface area contributed by atoms with Gasteiger partial charge in [-0.1, -0.05) is 36.4 Å². The van der Waals surface area contributed by atoms with Crippen molar-refractivity contribution in [3.8, 4) is 17.3 Å². The molecule has 30 heavy (non-hydrogen) atoms. The number of aromatic amines is 1. The average Bonchev–Trinajstić information content (AvgIpc) is 3.50. The Bertz CT molecular complexity index is 1220. The Balaban J connectivity index is 1.40. The summed E-state index contributed by atoms with van der Waals surface area (Å²) in [6.07, 6.45) is 4.75. The number of hydrogen-bond donors (Lipinski definition) is 2. The number of nitriles is 1. The standard InChI is InChI=1S/C24H24N6/c25-14-21-23(27-28-24(21)26)20-8-7-19-9-12-30(22(19)13-20)16-18-5-3-17(4-6-18)15-29-10-1-2-11-29/h3-9,12-13H,1-2,10-11,15-16H2,(H3,26,27,28). The van der Waals surface area contributed by atoms with Gasteiger partial charge in [-0.05, 0) is 54.6 Å². The number of rotatable bonds is 5. The minimum absolute atomic E-state index is 0.233. The van der Waals surface area contributed by atoms with Gasteiger partial charge in [-0.25, -0.2) is 0 Å². The molecule has 0 bridgehead atoms. The van der Waals surface area contributed by atoms with E-state index >= 15 is 0 Å². The van der Waals surface area contributed by atoms with E-state index in [4.69, 9.17) is 5.73 Å². The van der Waals surface area contributed by atoms with E-state index in [0.717, 1.165) is 29.6 Å². The van der Waals surface area contributed by atoms with Crippen LogP contribution < -0.4 is 5.73 Å². The molecule has 6 nitrogen and oxygen atoms in total. The van der Waals surface area contributed by atoms with Crippen LogP contribution in [0.1, 0.15) is 29.5 Å². The number of nitrogens with zero attached hydrogens (tertiary/aromatic N) is 4. The van der Waals surface area contributed by atoms with Gasteiger partial charge >= 0.3 is 0 Å². The minimum atomic E-state index is 0.233. The fourth-order valence-corrected chi connectivity index (χ4v) is 4.30. The van der Waals surface area contributed by atoms with E-state index < -0.39 is 0 Å². The van der Waals surface area contributed by atoms with Crippen molar-refractivity contribution in [2.75, 3.05) is 18.8 Å². The first-order valence-electron chi connectivity index (χ1n) is 10.3. The monoisotopic (exact) mass is 396 g/mol. The second kappa shape index (κ2) is 7.69. The lowest BCUT2D eigenvalue weighted by Gasteiger charge is -2.15. The zero-order chi connectivity index (χ0) is 20.5. The molecule has 3 N–H and O–H groups in total. The van der Waals surface area contributed by atoms with Crippen molar-refractivity contribution in [2.45, 2.75) is 25.9 Å². The van der Waals surface area contributed by atoms with E-state index in [0.29, 0.717) is 11.3 Å². The Kier molecular flexibility index (Phi) is 4.74. The quantitative estimate of drug-likeness (QED) is 0.531. The summed E-state index contributed by atoms with van der Waals surface area (Å²) in [5, 5.41) is 17.4. The van der Waals surface area contributed by atoms with Crippen molar-refractivity contribution in [2.24, 2.45) is 0 Å². The molecule has 1 fully saturated rings. The molecule has 0 atom stereocenters. The average molecular weight is 396 g/mol. The third-order valence-corrected chi connectivity index (χ3v) is 5.95. The maximum Gasteiger partial charge on any atom is 0.163 e. The second-order valence-corrected chi connectivity index (χ2v) is 7.99. The molecule has 0 aliphatic carbocycles. The highest BCUT2D eigenvalue weighted by Crippen LogP contribution is 2.28. The normalized spacial score (nSPS) is 14.4. The highest BCUT2D eigenvalue weighted by molar-refractivity contribution is 5.86. The Hall–Kier alpha value is -3.56. The number of nitrogen functional groups attached to an aromatic ring is 1. The number of anilines is 1. The Morgan fingerprint density at radius 1 is 1.00 bits per heavy atom. The number of likely N-dealkylation sites (tertiary alicyclic amines) is 1. The number of H-pyrrole nitrogens is 1. The zero-order valence-corrected chi connectivity index (χ0v) is 16.8. The van der Waals surface area contributed by atoms with E-state index in [2.05, 4.69) is 74.4 Å². The first-order chi connectivity index (χ1) is 14.7. The Morgan fingerprint density at radius 3 is 2.47 bits per heavy atom.